The van der Waals surface area contributed by atoms with Crippen LogP contribution in [0.15, 0.2) is 0 Å². The van der Waals surface area contributed by atoms with Crippen LogP contribution in [0.5, 0.6) is 0 Å². The van der Waals surface area contributed by atoms with Gasteiger partial charge in [0.25, 0.3) is 0 Å². The zero-order valence-corrected chi connectivity index (χ0v) is 9.41. The lowest BCUT2D eigenvalue weighted by molar-refractivity contribution is 0.151. The van der Waals surface area contributed by atoms with Crippen molar-refractivity contribution >= 4 is 0 Å². The van der Waals surface area contributed by atoms with Crippen LogP contribution in [0.2, 0.25) is 0 Å². The third-order valence-corrected chi connectivity index (χ3v) is 4.51. The molecule has 2 aliphatic carbocycles. The zero-order valence-electron chi connectivity index (χ0n) is 9.41. The van der Waals surface area contributed by atoms with Gasteiger partial charge in [-0.2, -0.15) is 0 Å². The number of hydrogen-bond acceptors (Lipinski definition) is 1. The maximum absolute atomic E-state index is 9.55. The van der Waals surface area contributed by atoms with E-state index in [2.05, 4.69) is 6.92 Å². The second kappa shape index (κ2) is 4.65. The van der Waals surface area contributed by atoms with Crippen LogP contribution in [0.25, 0.3) is 0 Å². The zero-order chi connectivity index (χ0) is 9.97. The van der Waals surface area contributed by atoms with Gasteiger partial charge in [-0.15, -0.1) is 0 Å². The number of aliphatic hydroxyl groups is 1. The van der Waals surface area contributed by atoms with Crippen molar-refractivity contribution in [2.24, 2.45) is 17.8 Å². The average molecular weight is 196 g/mol. The minimum Gasteiger partial charge on any atom is -0.393 e. The second-order valence-corrected chi connectivity index (χ2v) is 5.43. The van der Waals surface area contributed by atoms with Crippen molar-refractivity contribution in [3.05, 3.63) is 0 Å². The SMILES string of the molecule is CCC1CCCC(C2CCC(O)C2)C1. The first kappa shape index (κ1) is 10.5. The van der Waals surface area contributed by atoms with Crippen LogP contribution in [0.1, 0.15) is 58.3 Å². The summed E-state index contributed by atoms with van der Waals surface area (Å²) in [4.78, 5) is 0. The van der Waals surface area contributed by atoms with Crippen molar-refractivity contribution in [1.82, 2.24) is 0 Å². The van der Waals surface area contributed by atoms with E-state index in [9.17, 15) is 5.11 Å². The molecule has 2 rings (SSSR count). The highest BCUT2D eigenvalue weighted by Gasteiger charge is 2.32. The van der Waals surface area contributed by atoms with Crippen molar-refractivity contribution in [2.75, 3.05) is 0 Å². The van der Waals surface area contributed by atoms with E-state index in [4.69, 9.17) is 0 Å². The Morgan fingerprint density at radius 3 is 2.43 bits per heavy atom. The predicted octanol–water partition coefficient (Wildman–Crippen LogP) is 3.36. The van der Waals surface area contributed by atoms with Gasteiger partial charge in [0.15, 0.2) is 0 Å². The van der Waals surface area contributed by atoms with Gasteiger partial charge in [0, 0.05) is 0 Å². The molecule has 0 spiro atoms. The molecule has 1 nitrogen and oxygen atoms in total. The Labute approximate surface area is 87.9 Å². The molecular formula is C13H24O. The topological polar surface area (TPSA) is 20.2 Å². The molecule has 0 bridgehead atoms. The molecule has 1 heteroatoms. The Morgan fingerprint density at radius 2 is 1.79 bits per heavy atom. The molecule has 2 fully saturated rings. The van der Waals surface area contributed by atoms with Gasteiger partial charge in [-0.3, -0.25) is 0 Å². The van der Waals surface area contributed by atoms with E-state index < -0.39 is 0 Å². The van der Waals surface area contributed by atoms with Crippen LogP contribution in [0.4, 0.5) is 0 Å². The molecule has 4 atom stereocenters. The molecule has 4 unspecified atom stereocenters. The van der Waals surface area contributed by atoms with Crippen LogP contribution in [0, 0.1) is 17.8 Å². The molecule has 0 amide bonds. The Hall–Kier alpha value is -0.0400. The molecule has 0 aliphatic heterocycles. The molecular weight excluding hydrogens is 172 g/mol. The van der Waals surface area contributed by atoms with E-state index in [-0.39, 0.29) is 6.10 Å². The highest BCUT2D eigenvalue weighted by Crippen LogP contribution is 2.41. The van der Waals surface area contributed by atoms with Gasteiger partial charge in [0.05, 0.1) is 6.10 Å². The van der Waals surface area contributed by atoms with Gasteiger partial charge < -0.3 is 5.11 Å². The van der Waals surface area contributed by atoms with Gasteiger partial charge in [-0.1, -0.05) is 32.6 Å². The van der Waals surface area contributed by atoms with E-state index in [0.29, 0.717) is 0 Å². The molecule has 0 heterocycles. The summed E-state index contributed by atoms with van der Waals surface area (Å²) in [6.45, 7) is 2.33. The largest absolute Gasteiger partial charge is 0.393 e. The minimum absolute atomic E-state index is 0.0296. The van der Waals surface area contributed by atoms with Gasteiger partial charge in [0.2, 0.25) is 0 Å². The van der Waals surface area contributed by atoms with E-state index in [1.807, 2.05) is 0 Å². The van der Waals surface area contributed by atoms with Crippen molar-refractivity contribution in [3.8, 4) is 0 Å². The molecule has 2 aliphatic rings. The summed E-state index contributed by atoms with van der Waals surface area (Å²) in [5.74, 6) is 2.80. The molecule has 0 aromatic heterocycles. The van der Waals surface area contributed by atoms with Crippen molar-refractivity contribution in [3.63, 3.8) is 0 Å². The Morgan fingerprint density at radius 1 is 1.00 bits per heavy atom. The Bertz CT molecular complexity index is 178. The monoisotopic (exact) mass is 196 g/mol. The van der Waals surface area contributed by atoms with Crippen LogP contribution < -0.4 is 0 Å². The first-order valence-corrected chi connectivity index (χ1v) is 6.47. The van der Waals surface area contributed by atoms with E-state index >= 15 is 0 Å². The molecule has 0 saturated heterocycles. The lowest BCUT2D eigenvalue weighted by atomic mass is 9.74. The first-order chi connectivity index (χ1) is 6.79. The molecule has 2 saturated carbocycles. The summed E-state index contributed by atoms with van der Waals surface area (Å²) in [6.07, 6.45) is 10.6. The van der Waals surface area contributed by atoms with Gasteiger partial charge in [-0.05, 0) is 43.4 Å². The lowest BCUT2D eigenvalue weighted by Crippen LogP contribution is -2.21. The van der Waals surface area contributed by atoms with Crippen LogP contribution in [-0.2, 0) is 0 Å². The molecule has 0 aromatic carbocycles. The summed E-state index contributed by atoms with van der Waals surface area (Å²) in [5, 5.41) is 9.55. The van der Waals surface area contributed by atoms with Gasteiger partial charge in [-0.25, -0.2) is 0 Å². The molecule has 1 N–H and O–H groups in total. The number of rotatable bonds is 2. The van der Waals surface area contributed by atoms with E-state index in [1.165, 1.54) is 38.5 Å². The van der Waals surface area contributed by atoms with Gasteiger partial charge >= 0.3 is 0 Å². The summed E-state index contributed by atoms with van der Waals surface area (Å²) >= 11 is 0. The van der Waals surface area contributed by atoms with Crippen molar-refractivity contribution in [1.29, 1.82) is 0 Å². The fraction of sp³-hybridized carbons (Fsp3) is 1.00. The quantitative estimate of drug-likeness (QED) is 0.718. The molecule has 0 aromatic rings. The lowest BCUT2D eigenvalue weighted by Gasteiger charge is -2.32. The molecule has 0 radical (unpaired) electrons. The summed E-state index contributed by atoms with van der Waals surface area (Å²) < 4.78 is 0. The average Bonchev–Trinajstić information content (AvgIpc) is 2.65. The number of hydrogen-bond donors (Lipinski definition) is 1. The second-order valence-electron chi connectivity index (χ2n) is 5.43. The van der Waals surface area contributed by atoms with Crippen molar-refractivity contribution < 1.29 is 5.11 Å². The van der Waals surface area contributed by atoms with Crippen LogP contribution in [0.3, 0.4) is 0 Å². The van der Waals surface area contributed by atoms with Crippen LogP contribution in [-0.4, -0.2) is 11.2 Å². The third kappa shape index (κ3) is 2.31. The third-order valence-electron chi connectivity index (χ3n) is 4.51. The van der Waals surface area contributed by atoms with E-state index in [1.54, 1.807) is 0 Å². The fourth-order valence-electron chi connectivity index (χ4n) is 3.55. The fourth-order valence-corrected chi connectivity index (χ4v) is 3.55. The summed E-state index contributed by atoms with van der Waals surface area (Å²) in [7, 11) is 0. The van der Waals surface area contributed by atoms with E-state index in [0.717, 1.165) is 30.6 Å². The summed E-state index contributed by atoms with van der Waals surface area (Å²) in [6, 6.07) is 0. The maximum atomic E-state index is 9.55. The highest BCUT2D eigenvalue weighted by atomic mass is 16.3. The van der Waals surface area contributed by atoms with Crippen molar-refractivity contribution in [2.45, 2.75) is 64.4 Å². The minimum atomic E-state index is 0.0296. The molecule has 82 valence electrons. The highest BCUT2D eigenvalue weighted by molar-refractivity contribution is 4.84. The number of aliphatic hydroxyl groups excluding tert-OH is 1. The Balaban J connectivity index is 1.84. The predicted molar refractivity (Wildman–Crippen MR) is 59.1 cm³/mol. The molecule has 14 heavy (non-hydrogen) atoms. The first-order valence-electron chi connectivity index (χ1n) is 6.47. The Kier molecular flexibility index (Phi) is 3.48. The van der Waals surface area contributed by atoms with Crippen LogP contribution >= 0.6 is 0 Å². The standard InChI is InChI=1S/C13H24O/c1-2-10-4-3-5-11(8-10)12-6-7-13(14)9-12/h10-14H,2-9H2,1H3. The van der Waals surface area contributed by atoms with Gasteiger partial charge in [0.1, 0.15) is 0 Å². The smallest absolute Gasteiger partial charge is 0.0543 e. The normalized spacial score (nSPS) is 44.1. The summed E-state index contributed by atoms with van der Waals surface area (Å²) in [5.41, 5.74) is 0. The maximum Gasteiger partial charge on any atom is 0.0543 e.